The number of nitrogens with one attached hydrogen (secondary N) is 2. The highest BCUT2D eigenvalue weighted by Gasteiger charge is 2.23. The maximum atomic E-state index is 13.9. The second-order valence-electron chi connectivity index (χ2n) is 6.28. The Morgan fingerprint density at radius 3 is 2.75 bits per heavy atom. The van der Waals surface area contributed by atoms with Gasteiger partial charge in [0.15, 0.2) is 0 Å². The molecule has 4 aromatic rings. The molecule has 2 heterocycles. The van der Waals surface area contributed by atoms with E-state index >= 15 is 0 Å². The Bertz CT molecular complexity index is 1140. The monoisotopic (exact) mass is 439 g/mol. The summed E-state index contributed by atoms with van der Waals surface area (Å²) in [4.78, 5) is 20.1. The topological polar surface area (TPSA) is 78.0 Å². The highest BCUT2D eigenvalue weighted by atomic mass is 79.9. The lowest BCUT2D eigenvalue weighted by Gasteiger charge is -2.19. The van der Waals surface area contributed by atoms with Gasteiger partial charge in [0.05, 0.1) is 6.04 Å². The van der Waals surface area contributed by atoms with E-state index in [-0.39, 0.29) is 17.0 Å². The summed E-state index contributed by atoms with van der Waals surface area (Å²) in [7, 11) is 0. The standard InChI is InChI=1S/C21H15BrFN3O2/c22-13-7-8-24-18(10-13)21(28)26-20(15-11-14(23)5-6-19(15)27)17-9-12-3-1-2-4-16(12)25-17/h1-11,20,25,27H,(H,26,28). The summed E-state index contributed by atoms with van der Waals surface area (Å²) in [5.74, 6) is -1.08. The van der Waals surface area contributed by atoms with E-state index in [4.69, 9.17) is 0 Å². The van der Waals surface area contributed by atoms with Crippen molar-refractivity contribution < 1.29 is 14.3 Å². The van der Waals surface area contributed by atoms with Crippen LogP contribution < -0.4 is 5.32 Å². The average molecular weight is 440 g/mol. The molecule has 28 heavy (non-hydrogen) atoms. The summed E-state index contributed by atoms with van der Waals surface area (Å²) >= 11 is 3.32. The van der Waals surface area contributed by atoms with Crippen LogP contribution in [0, 0.1) is 5.82 Å². The lowest BCUT2D eigenvalue weighted by molar-refractivity contribution is 0.0937. The molecule has 5 nitrogen and oxygen atoms in total. The van der Waals surface area contributed by atoms with E-state index in [1.807, 2.05) is 30.3 Å². The quantitative estimate of drug-likeness (QED) is 0.431. The van der Waals surface area contributed by atoms with Gasteiger partial charge in [0.2, 0.25) is 0 Å². The average Bonchev–Trinajstić information content (AvgIpc) is 3.12. The van der Waals surface area contributed by atoms with Gasteiger partial charge in [-0.1, -0.05) is 34.1 Å². The summed E-state index contributed by atoms with van der Waals surface area (Å²) in [5, 5.41) is 14.1. The number of benzene rings is 2. The van der Waals surface area contributed by atoms with Gasteiger partial charge < -0.3 is 15.4 Å². The van der Waals surface area contributed by atoms with Gasteiger partial charge in [0, 0.05) is 27.4 Å². The van der Waals surface area contributed by atoms with Crippen LogP contribution in [0.15, 0.2) is 71.3 Å². The molecule has 2 aromatic carbocycles. The number of carbonyl (C=O) groups excluding carboxylic acids is 1. The molecule has 1 unspecified atom stereocenters. The molecular formula is C21H15BrFN3O2. The number of fused-ring (bicyclic) bond motifs is 1. The molecule has 0 saturated carbocycles. The number of aromatic hydroxyl groups is 1. The van der Waals surface area contributed by atoms with E-state index in [2.05, 4.69) is 31.2 Å². The first-order valence-electron chi connectivity index (χ1n) is 8.50. The van der Waals surface area contributed by atoms with Crippen molar-refractivity contribution >= 4 is 32.7 Å². The number of rotatable bonds is 4. The van der Waals surface area contributed by atoms with Crippen LogP contribution in [0.25, 0.3) is 10.9 Å². The van der Waals surface area contributed by atoms with Crippen LogP contribution in [0.2, 0.25) is 0 Å². The SMILES string of the molecule is O=C(NC(c1cc2ccccc2[nH]1)c1cc(F)ccc1O)c1cc(Br)ccn1. The number of hydrogen-bond donors (Lipinski definition) is 3. The Kier molecular flexibility index (Phi) is 4.83. The summed E-state index contributed by atoms with van der Waals surface area (Å²) in [6.45, 7) is 0. The number of aromatic nitrogens is 2. The van der Waals surface area contributed by atoms with Crippen LogP contribution >= 0.6 is 15.9 Å². The van der Waals surface area contributed by atoms with Crippen molar-refractivity contribution in [1.29, 1.82) is 0 Å². The minimum Gasteiger partial charge on any atom is -0.508 e. The van der Waals surface area contributed by atoms with Crippen molar-refractivity contribution in [3.8, 4) is 5.75 Å². The lowest BCUT2D eigenvalue weighted by atomic mass is 10.0. The lowest BCUT2D eigenvalue weighted by Crippen LogP contribution is -2.30. The van der Waals surface area contributed by atoms with E-state index < -0.39 is 17.8 Å². The highest BCUT2D eigenvalue weighted by Crippen LogP contribution is 2.31. The molecule has 0 fully saturated rings. The fourth-order valence-electron chi connectivity index (χ4n) is 3.06. The molecule has 140 valence electrons. The van der Waals surface area contributed by atoms with E-state index in [9.17, 15) is 14.3 Å². The molecule has 0 saturated heterocycles. The number of nitrogens with zero attached hydrogens (tertiary/aromatic N) is 1. The molecule has 1 amide bonds. The van der Waals surface area contributed by atoms with Gasteiger partial charge in [-0.15, -0.1) is 0 Å². The summed E-state index contributed by atoms with van der Waals surface area (Å²) in [6, 6.07) is 15.6. The first-order chi connectivity index (χ1) is 13.5. The Morgan fingerprint density at radius 1 is 1.14 bits per heavy atom. The normalized spacial score (nSPS) is 12.1. The fourth-order valence-corrected chi connectivity index (χ4v) is 3.40. The summed E-state index contributed by atoms with van der Waals surface area (Å²) < 4.78 is 14.6. The zero-order chi connectivity index (χ0) is 19.7. The minimum absolute atomic E-state index is 0.118. The molecule has 0 aliphatic heterocycles. The van der Waals surface area contributed by atoms with Crippen molar-refractivity contribution in [1.82, 2.24) is 15.3 Å². The molecule has 7 heteroatoms. The maximum absolute atomic E-state index is 13.9. The number of halogens is 2. The Morgan fingerprint density at radius 2 is 1.96 bits per heavy atom. The largest absolute Gasteiger partial charge is 0.508 e. The summed E-state index contributed by atoms with van der Waals surface area (Å²) in [6.07, 6.45) is 1.51. The van der Waals surface area contributed by atoms with Gasteiger partial charge in [-0.05, 0) is 47.9 Å². The molecule has 0 radical (unpaired) electrons. The molecule has 0 aliphatic carbocycles. The van der Waals surface area contributed by atoms with Crippen LogP contribution in [0.3, 0.4) is 0 Å². The Balaban J connectivity index is 1.79. The molecule has 0 spiro atoms. The number of phenols is 1. The number of para-hydroxylation sites is 1. The van der Waals surface area contributed by atoms with Gasteiger partial charge >= 0.3 is 0 Å². The van der Waals surface area contributed by atoms with Crippen molar-refractivity contribution in [2.45, 2.75) is 6.04 Å². The van der Waals surface area contributed by atoms with Crippen molar-refractivity contribution in [3.05, 3.63) is 94.1 Å². The van der Waals surface area contributed by atoms with Gasteiger partial charge in [-0.25, -0.2) is 4.39 Å². The van der Waals surface area contributed by atoms with E-state index in [0.717, 1.165) is 10.9 Å². The minimum atomic E-state index is -0.795. The van der Waals surface area contributed by atoms with Crippen LogP contribution in [0.5, 0.6) is 5.75 Å². The maximum Gasteiger partial charge on any atom is 0.270 e. The molecule has 1 atom stereocenters. The zero-order valence-electron chi connectivity index (χ0n) is 14.5. The second-order valence-corrected chi connectivity index (χ2v) is 7.20. The molecule has 3 N–H and O–H groups in total. The number of hydrogen-bond acceptors (Lipinski definition) is 3. The Hall–Kier alpha value is -3.19. The molecule has 4 rings (SSSR count). The van der Waals surface area contributed by atoms with Crippen molar-refractivity contribution in [2.75, 3.05) is 0 Å². The zero-order valence-corrected chi connectivity index (χ0v) is 16.1. The van der Waals surface area contributed by atoms with Crippen LogP contribution in [-0.4, -0.2) is 21.0 Å². The Labute approximate surface area is 168 Å². The van der Waals surface area contributed by atoms with Crippen molar-refractivity contribution in [2.24, 2.45) is 0 Å². The van der Waals surface area contributed by atoms with Crippen LogP contribution in [0.1, 0.15) is 27.8 Å². The molecule has 2 aromatic heterocycles. The van der Waals surface area contributed by atoms with Gasteiger partial charge in [0.1, 0.15) is 17.3 Å². The van der Waals surface area contributed by atoms with E-state index in [1.54, 1.807) is 12.1 Å². The van der Waals surface area contributed by atoms with E-state index in [0.29, 0.717) is 10.2 Å². The van der Waals surface area contributed by atoms with E-state index in [1.165, 1.54) is 24.4 Å². The number of pyridine rings is 1. The molecule has 0 aliphatic rings. The first-order valence-corrected chi connectivity index (χ1v) is 9.29. The number of carbonyl (C=O) groups is 1. The fraction of sp³-hybridized carbons (Fsp3) is 0.0476. The highest BCUT2D eigenvalue weighted by molar-refractivity contribution is 9.10. The van der Waals surface area contributed by atoms with Crippen molar-refractivity contribution in [3.63, 3.8) is 0 Å². The molecule has 0 bridgehead atoms. The third-order valence-electron chi connectivity index (χ3n) is 4.39. The molecular weight excluding hydrogens is 425 g/mol. The second kappa shape index (κ2) is 7.44. The van der Waals surface area contributed by atoms with Crippen LogP contribution in [-0.2, 0) is 0 Å². The number of H-pyrrole nitrogens is 1. The number of aromatic amines is 1. The smallest absolute Gasteiger partial charge is 0.270 e. The third-order valence-corrected chi connectivity index (χ3v) is 4.89. The van der Waals surface area contributed by atoms with Gasteiger partial charge in [-0.2, -0.15) is 0 Å². The van der Waals surface area contributed by atoms with Crippen LogP contribution in [0.4, 0.5) is 4.39 Å². The third kappa shape index (κ3) is 3.61. The predicted molar refractivity (Wildman–Crippen MR) is 108 cm³/mol. The predicted octanol–water partition coefficient (Wildman–Crippen LogP) is 4.69. The van der Waals surface area contributed by atoms with Gasteiger partial charge in [-0.3, -0.25) is 9.78 Å². The summed E-state index contributed by atoms with van der Waals surface area (Å²) in [5.41, 5.74) is 1.93. The number of phenolic OH excluding ortho intramolecular Hbond substituents is 1. The van der Waals surface area contributed by atoms with Gasteiger partial charge in [0.25, 0.3) is 5.91 Å². The first kappa shape index (κ1) is 18.2. The number of amides is 1.